The standard InChI is InChI=1S/C18H14FN5O2/c1-26-18(25)15-16(17-20-13-7-2-3-8-14(13)21-17)24(23-22-15)10-11-5-4-6-12(19)9-11/h2-9H,10H2,1H3,(H,20,21). The van der Waals surface area contributed by atoms with Gasteiger partial charge in [0.1, 0.15) is 11.5 Å². The van der Waals surface area contributed by atoms with E-state index in [1.165, 1.54) is 23.9 Å². The van der Waals surface area contributed by atoms with Crippen molar-refractivity contribution in [3.8, 4) is 11.5 Å². The molecule has 0 radical (unpaired) electrons. The van der Waals surface area contributed by atoms with Gasteiger partial charge in [-0.1, -0.05) is 29.5 Å². The van der Waals surface area contributed by atoms with Gasteiger partial charge in [-0.25, -0.2) is 18.9 Å². The van der Waals surface area contributed by atoms with E-state index in [4.69, 9.17) is 4.74 Å². The molecule has 0 fully saturated rings. The van der Waals surface area contributed by atoms with E-state index in [0.717, 1.165) is 11.0 Å². The predicted octanol–water partition coefficient (Wildman–Crippen LogP) is 2.80. The van der Waals surface area contributed by atoms with Crippen molar-refractivity contribution in [2.45, 2.75) is 6.54 Å². The van der Waals surface area contributed by atoms with Crippen LogP contribution in [0.25, 0.3) is 22.6 Å². The molecule has 0 saturated carbocycles. The van der Waals surface area contributed by atoms with Gasteiger partial charge in [0.2, 0.25) is 5.69 Å². The van der Waals surface area contributed by atoms with Crippen LogP contribution in [0.3, 0.4) is 0 Å². The fraction of sp³-hybridized carbons (Fsp3) is 0.111. The second-order valence-electron chi connectivity index (χ2n) is 5.67. The monoisotopic (exact) mass is 351 g/mol. The van der Waals surface area contributed by atoms with Crippen LogP contribution in [0.4, 0.5) is 4.39 Å². The number of hydrogen-bond acceptors (Lipinski definition) is 5. The van der Waals surface area contributed by atoms with E-state index < -0.39 is 5.97 Å². The average molecular weight is 351 g/mol. The number of hydrogen-bond donors (Lipinski definition) is 1. The van der Waals surface area contributed by atoms with Crippen molar-refractivity contribution in [2.24, 2.45) is 0 Å². The highest BCUT2D eigenvalue weighted by Gasteiger charge is 2.24. The number of nitrogens with zero attached hydrogens (tertiary/aromatic N) is 4. The van der Waals surface area contributed by atoms with Crippen LogP contribution in [0.15, 0.2) is 48.5 Å². The lowest BCUT2D eigenvalue weighted by Crippen LogP contribution is -2.08. The number of carbonyl (C=O) groups is 1. The molecule has 0 amide bonds. The van der Waals surface area contributed by atoms with E-state index in [2.05, 4.69) is 20.3 Å². The molecule has 0 spiro atoms. The van der Waals surface area contributed by atoms with Crippen LogP contribution in [0.5, 0.6) is 0 Å². The van der Waals surface area contributed by atoms with E-state index >= 15 is 0 Å². The van der Waals surface area contributed by atoms with Crippen LogP contribution in [0, 0.1) is 5.82 Å². The number of imidazole rings is 1. The van der Waals surface area contributed by atoms with E-state index in [0.29, 0.717) is 17.1 Å². The summed E-state index contributed by atoms with van der Waals surface area (Å²) in [6.07, 6.45) is 0. The van der Waals surface area contributed by atoms with Crippen LogP contribution < -0.4 is 0 Å². The Bertz CT molecular complexity index is 1070. The molecule has 0 aliphatic heterocycles. The Balaban J connectivity index is 1.84. The van der Waals surface area contributed by atoms with Crippen molar-refractivity contribution in [1.82, 2.24) is 25.0 Å². The highest BCUT2D eigenvalue weighted by Crippen LogP contribution is 2.24. The third-order valence-electron chi connectivity index (χ3n) is 3.95. The summed E-state index contributed by atoms with van der Waals surface area (Å²) in [4.78, 5) is 19.8. The Hall–Kier alpha value is -3.55. The Labute approximate surface area is 147 Å². The molecule has 0 saturated heterocycles. The third-order valence-corrected chi connectivity index (χ3v) is 3.95. The van der Waals surface area contributed by atoms with Crippen LogP contribution in [0.2, 0.25) is 0 Å². The summed E-state index contributed by atoms with van der Waals surface area (Å²) in [5.41, 5.74) is 2.68. The lowest BCUT2D eigenvalue weighted by atomic mass is 10.2. The summed E-state index contributed by atoms with van der Waals surface area (Å²) >= 11 is 0. The first kappa shape index (κ1) is 15.9. The van der Waals surface area contributed by atoms with Crippen LogP contribution in [0.1, 0.15) is 16.1 Å². The SMILES string of the molecule is COC(=O)c1nnn(Cc2cccc(F)c2)c1-c1nc2ccccc2[nH]1. The van der Waals surface area contributed by atoms with Gasteiger partial charge in [-0.15, -0.1) is 5.10 Å². The molecule has 4 rings (SSSR count). The van der Waals surface area contributed by atoms with Crippen LogP contribution in [-0.4, -0.2) is 38.0 Å². The molecule has 0 bridgehead atoms. The summed E-state index contributed by atoms with van der Waals surface area (Å²) in [6.45, 7) is 0.230. The molecule has 130 valence electrons. The molecule has 4 aromatic rings. The first-order chi connectivity index (χ1) is 12.7. The summed E-state index contributed by atoms with van der Waals surface area (Å²) in [6, 6.07) is 13.6. The molecular weight excluding hydrogens is 337 g/mol. The highest BCUT2D eigenvalue weighted by molar-refractivity contribution is 5.94. The van der Waals surface area contributed by atoms with Gasteiger partial charge >= 0.3 is 5.97 Å². The molecule has 2 heterocycles. The number of H-pyrrole nitrogens is 1. The van der Waals surface area contributed by atoms with Gasteiger partial charge in [0.25, 0.3) is 0 Å². The van der Waals surface area contributed by atoms with Crippen LogP contribution in [-0.2, 0) is 11.3 Å². The molecule has 0 aliphatic rings. The third kappa shape index (κ3) is 2.81. The maximum absolute atomic E-state index is 13.5. The number of methoxy groups -OCH3 is 1. The Morgan fingerprint density at radius 1 is 1.23 bits per heavy atom. The number of aromatic amines is 1. The first-order valence-electron chi connectivity index (χ1n) is 7.87. The van der Waals surface area contributed by atoms with Crippen molar-refractivity contribution in [1.29, 1.82) is 0 Å². The van der Waals surface area contributed by atoms with Gasteiger partial charge in [-0.05, 0) is 29.8 Å². The summed E-state index contributed by atoms with van der Waals surface area (Å²) in [5, 5.41) is 7.98. The lowest BCUT2D eigenvalue weighted by molar-refractivity contribution is 0.0594. The number of nitrogens with one attached hydrogen (secondary N) is 1. The largest absolute Gasteiger partial charge is 0.464 e. The molecule has 2 aromatic carbocycles. The normalized spacial score (nSPS) is 11.0. The average Bonchev–Trinajstić information content (AvgIpc) is 3.24. The van der Waals surface area contributed by atoms with Gasteiger partial charge in [-0.2, -0.15) is 0 Å². The number of ether oxygens (including phenoxy) is 1. The first-order valence-corrected chi connectivity index (χ1v) is 7.87. The maximum Gasteiger partial charge on any atom is 0.361 e. The molecule has 0 atom stereocenters. The predicted molar refractivity (Wildman–Crippen MR) is 92.0 cm³/mol. The smallest absolute Gasteiger partial charge is 0.361 e. The molecule has 7 nitrogen and oxygen atoms in total. The molecule has 1 N–H and O–H groups in total. The lowest BCUT2D eigenvalue weighted by Gasteiger charge is -2.06. The number of esters is 1. The number of halogens is 1. The summed E-state index contributed by atoms with van der Waals surface area (Å²) in [7, 11) is 1.27. The van der Waals surface area contributed by atoms with Crippen LogP contribution >= 0.6 is 0 Å². The number of rotatable bonds is 4. The second-order valence-corrected chi connectivity index (χ2v) is 5.67. The Kier molecular flexibility index (Phi) is 3.92. The fourth-order valence-corrected chi connectivity index (χ4v) is 2.77. The molecular formula is C18H14FN5O2. The summed E-state index contributed by atoms with van der Waals surface area (Å²) < 4.78 is 19.8. The number of benzene rings is 2. The van der Waals surface area contributed by atoms with E-state index in [-0.39, 0.29) is 18.1 Å². The summed E-state index contributed by atoms with van der Waals surface area (Å²) in [5.74, 6) is -0.528. The van der Waals surface area contributed by atoms with E-state index in [9.17, 15) is 9.18 Å². The van der Waals surface area contributed by atoms with Gasteiger partial charge in [0.05, 0.1) is 24.7 Å². The molecule has 26 heavy (non-hydrogen) atoms. The minimum absolute atomic E-state index is 0.0444. The number of carbonyl (C=O) groups excluding carboxylic acids is 1. The Morgan fingerprint density at radius 3 is 2.85 bits per heavy atom. The van der Waals surface area contributed by atoms with Crippen molar-refractivity contribution in [3.05, 3.63) is 65.6 Å². The van der Waals surface area contributed by atoms with Crippen molar-refractivity contribution >= 4 is 17.0 Å². The quantitative estimate of drug-likeness (QED) is 0.572. The molecule has 2 aromatic heterocycles. The topological polar surface area (TPSA) is 85.7 Å². The fourth-order valence-electron chi connectivity index (χ4n) is 2.77. The highest BCUT2D eigenvalue weighted by atomic mass is 19.1. The molecule has 8 heteroatoms. The second kappa shape index (κ2) is 6.40. The van der Waals surface area contributed by atoms with E-state index in [1.807, 2.05) is 24.3 Å². The molecule has 0 aliphatic carbocycles. The zero-order valence-corrected chi connectivity index (χ0v) is 13.8. The number of aromatic nitrogens is 5. The Morgan fingerprint density at radius 2 is 2.08 bits per heavy atom. The van der Waals surface area contributed by atoms with Crippen molar-refractivity contribution in [3.63, 3.8) is 0 Å². The zero-order valence-electron chi connectivity index (χ0n) is 13.8. The zero-order chi connectivity index (χ0) is 18.1. The van der Waals surface area contributed by atoms with Crippen molar-refractivity contribution < 1.29 is 13.9 Å². The van der Waals surface area contributed by atoms with E-state index in [1.54, 1.807) is 12.1 Å². The van der Waals surface area contributed by atoms with Crippen molar-refractivity contribution in [2.75, 3.05) is 7.11 Å². The minimum atomic E-state index is -0.619. The van der Waals surface area contributed by atoms with Gasteiger partial charge in [-0.3, -0.25) is 0 Å². The number of para-hydroxylation sites is 2. The molecule has 0 unspecified atom stereocenters. The van der Waals surface area contributed by atoms with Gasteiger partial charge < -0.3 is 9.72 Å². The number of fused-ring (bicyclic) bond motifs is 1. The van der Waals surface area contributed by atoms with Gasteiger partial charge in [0, 0.05) is 0 Å². The van der Waals surface area contributed by atoms with Gasteiger partial charge in [0.15, 0.2) is 5.82 Å². The maximum atomic E-state index is 13.5. The minimum Gasteiger partial charge on any atom is -0.464 e.